The van der Waals surface area contributed by atoms with E-state index in [1.54, 1.807) is 0 Å². The molecule has 1 aliphatic carbocycles. The molecule has 0 spiro atoms. The van der Waals surface area contributed by atoms with E-state index >= 15 is 0 Å². The van der Waals surface area contributed by atoms with E-state index < -0.39 is 0 Å². The Morgan fingerprint density at radius 1 is 0.434 bits per heavy atom. The van der Waals surface area contributed by atoms with Crippen LogP contribution >= 0.6 is 0 Å². The predicted octanol–water partition coefficient (Wildman–Crippen LogP) is 14.0. The van der Waals surface area contributed by atoms with E-state index in [1.807, 2.05) is 0 Å². The minimum absolute atomic E-state index is 0.969. The fourth-order valence-electron chi connectivity index (χ4n) is 8.83. The Bertz CT molecular complexity index is 3150. The van der Waals surface area contributed by atoms with E-state index in [2.05, 4.69) is 187 Å². The molecule has 0 aliphatic heterocycles. The van der Waals surface area contributed by atoms with E-state index in [4.69, 9.17) is 4.98 Å². The van der Waals surface area contributed by atoms with Crippen LogP contribution in [0.25, 0.3) is 104 Å². The number of hydrogen-bond acceptors (Lipinski definition) is 1. The second-order valence-corrected chi connectivity index (χ2v) is 14.1. The van der Waals surface area contributed by atoms with Crippen LogP contribution in [0.5, 0.6) is 0 Å². The third-order valence-corrected chi connectivity index (χ3v) is 11.1. The van der Waals surface area contributed by atoms with E-state index in [0.29, 0.717) is 0 Å². The van der Waals surface area contributed by atoms with Gasteiger partial charge in [0.1, 0.15) is 0 Å². The molecule has 0 saturated heterocycles. The summed E-state index contributed by atoms with van der Waals surface area (Å²) in [5, 5.41) is 12.5. The summed E-state index contributed by atoms with van der Waals surface area (Å²) in [6, 6.07) is 59.7. The number of rotatable bonds is 4. The number of para-hydroxylation sites is 1. The number of hydrogen-bond donors (Lipinski definition) is 0. The van der Waals surface area contributed by atoms with E-state index in [-0.39, 0.29) is 0 Å². The maximum absolute atomic E-state index is 5.54. The third-order valence-electron chi connectivity index (χ3n) is 11.1. The molecule has 2 aromatic heterocycles. The lowest BCUT2D eigenvalue weighted by Crippen LogP contribution is -1.98. The molecule has 11 rings (SSSR count). The van der Waals surface area contributed by atoms with Crippen LogP contribution in [-0.4, -0.2) is 9.55 Å². The standard InChI is InChI=1S/C51H34N2/c1-3-16-33(17-4-1)35-30-46(40-28-15-19-34-18-7-8-22-37(34)40)52-47(31-35)44-32-45-39-24-10-12-26-42(39)51-50(49(45)41-25-11-9-23-38(41)44)43-27-13-14-29-48(43)53(51)36-20-5-2-6-21-36/h1,3-5,7-32H,2,6H2. The second-order valence-electron chi connectivity index (χ2n) is 14.1. The van der Waals surface area contributed by atoms with Gasteiger partial charge in [0.25, 0.3) is 0 Å². The highest BCUT2D eigenvalue weighted by molar-refractivity contribution is 6.38. The van der Waals surface area contributed by atoms with Crippen LogP contribution in [0.4, 0.5) is 0 Å². The zero-order valence-electron chi connectivity index (χ0n) is 29.1. The SMILES string of the molecule is C1=CC(n2c3ccccc3c3c4c5ccccc5c(-c5cc(-c6ccccc6)cc(-c6cccc7ccccc67)n5)cc4c4ccccc4c32)=CCC1. The lowest BCUT2D eigenvalue weighted by atomic mass is 9.89. The summed E-state index contributed by atoms with van der Waals surface area (Å²) in [5.74, 6) is 0. The Morgan fingerprint density at radius 3 is 1.91 bits per heavy atom. The van der Waals surface area contributed by atoms with Crippen molar-refractivity contribution >= 4 is 70.6 Å². The monoisotopic (exact) mass is 674 g/mol. The van der Waals surface area contributed by atoms with Crippen molar-refractivity contribution in [2.24, 2.45) is 0 Å². The molecule has 248 valence electrons. The Kier molecular flexibility index (Phi) is 6.72. The van der Waals surface area contributed by atoms with Crippen LogP contribution in [-0.2, 0) is 0 Å². The number of fused-ring (bicyclic) bond motifs is 11. The molecule has 8 aromatic carbocycles. The molecule has 0 saturated carbocycles. The fraction of sp³-hybridized carbons (Fsp3) is 0.0392. The molecule has 0 amide bonds. The molecule has 53 heavy (non-hydrogen) atoms. The minimum Gasteiger partial charge on any atom is -0.309 e. The van der Waals surface area contributed by atoms with Crippen LogP contribution in [0.1, 0.15) is 12.8 Å². The molecule has 2 heteroatoms. The molecule has 1 aliphatic rings. The van der Waals surface area contributed by atoms with Crippen molar-refractivity contribution in [3.63, 3.8) is 0 Å². The maximum atomic E-state index is 5.54. The smallest absolute Gasteiger partial charge is 0.0722 e. The molecular weight excluding hydrogens is 641 g/mol. The van der Waals surface area contributed by atoms with Crippen LogP contribution in [0, 0.1) is 0 Å². The summed E-state index contributed by atoms with van der Waals surface area (Å²) in [6.07, 6.45) is 9.14. The Hall–Kier alpha value is -6.77. The first-order chi connectivity index (χ1) is 26.3. The average Bonchev–Trinajstić information content (AvgIpc) is 3.59. The first-order valence-corrected chi connectivity index (χ1v) is 18.5. The quantitative estimate of drug-likeness (QED) is 0.170. The normalized spacial score (nSPS) is 13.2. The van der Waals surface area contributed by atoms with Crippen molar-refractivity contribution in [3.05, 3.63) is 182 Å². The van der Waals surface area contributed by atoms with Crippen molar-refractivity contribution in [2.75, 3.05) is 0 Å². The predicted molar refractivity (Wildman–Crippen MR) is 226 cm³/mol. The van der Waals surface area contributed by atoms with E-state index in [9.17, 15) is 0 Å². The number of aromatic nitrogens is 2. The van der Waals surface area contributed by atoms with Gasteiger partial charge in [0.05, 0.1) is 22.4 Å². The lowest BCUT2D eigenvalue weighted by Gasteiger charge is -2.18. The highest BCUT2D eigenvalue weighted by Crippen LogP contribution is 2.47. The lowest BCUT2D eigenvalue weighted by molar-refractivity contribution is 1.02. The topological polar surface area (TPSA) is 17.8 Å². The molecule has 10 aromatic rings. The highest BCUT2D eigenvalue weighted by Gasteiger charge is 2.23. The van der Waals surface area contributed by atoms with Crippen LogP contribution in [0.2, 0.25) is 0 Å². The summed E-state index contributed by atoms with van der Waals surface area (Å²) >= 11 is 0. The van der Waals surface area contributed by atoms with Crippen molar-refractivity contribution < 1.29 is 0 Å². The van der Waals surface area contributed by atoms with Crippen LogP contribution < -0.4 is 0 Å². The van der Waals surface area contributed by atoms with Gasteiger partial charge in [-0.2, -0.15) is 0 Å². The van der Waals surface area contributed by atoms with Gasteiger partial charge in [0.2, 0.25) is 0 Å². The van der Waals surface area contributed by atoms with Gasteiger partial charge in [-0.15, -0.1) is 0 Å². The zero-order chi connectivity index (χ0) is 34.9. The first-order valence-electron chi connectivity index (χ1n) is 18.5. The summed E-state index contributed by atoms with van der Waals surface area (Å²) in [4.78, 5) is 5.54. The van der Waals surface area contributed by atoms with Crippen molar-refractivity contribution in [2.45, 2.75) is 12.8 Å². The first kappa shape index (κ1) is 29.9. The van der Waals surface area contributed by atoms with E-state index in [0.717, 1.165) is 40.9 Å². The molecule has 0 radical (unpaired) electrons. The number of benzene rings is 8. The van der Waals surface area contributed by atoms with Gasteiger partial charge in [0.15, 0.2) is 0 Å². The molecule has 2 nitrogen and oxygen atoms in total. The average molecular weight is 675 g/mol. The molecule has 0 fully saturated rings. The molecule has 0 unspecified atom stereocenters. The number of allylic oxidation sites excluding steroid dienone is 4. The van der Waals surface area contributed by atoms with Gasteiger partial charge in [0, 0.05) is 38.4 Å². The van der Waals surface area contributed by atoms with E-state index in [1.165, 1.54) is 76.2 Å². The van der Waals surface area contributed by atoms with Gasteiger partial charge < -0.3 is 4.57 Å². The summed E-state index contributed by atoms with van der Waals surface area (Å²) in [6.45, 7) is 0. The van der Waals surface area contributed by atoms with Gasteiger partial charge in [-0.05, 0) is 86.6 Å². The Morgan fingerprint density at radius 2 is 1.09 bits per heavy atom. The fourth-order valence-corrected chi connectivity index (χ4v) is 8.83. The van der Waals surface area contributed by atoms with Gasteiger partial charge >= 0.3 is 0 Å². The summed E-state index contributed by atoms with van der Waals surface area (Å²) < 4.78 is 2.51. The molecule has 0 atom stereocenters. The second kappa shape index (κ2) is 11.9. The molecular formula is C51H34N2. The maximum Gasteiger partial charge on any atom is 0.0722 e. The zero-order valence-corrected chi connectivity index (χ0v) is 29.1. The number of pyridine rings is 1. The van der Waals surface area contributed by atoms with Crippen molar-refractivity contribution in [1.29, 1.82) is 0 Å². The summed E-state index contributed by atoms with van der Waals surface area (Å²) in [7, 11) is 0. The molecule has 0 N–H and O–H groups in total. The van der Waals surface area contributed by atoms with Gasteiger partial charge in [-0.25, -0.2) is 4.98 Å². The number of nitrogens with zero attached hydrogens (tertiary/aromatic N) is 2. The highest BCUT2D eigenvalue weighted by atomic mass is 15.0. The van der Waals surface area contributed by atoms with Crippen LogP contribution in [0.15, 0.2) is 182 Å². The third kappa shape index (κ3) is 4.62. The van der Waals surface area contributed by atoms with Crippen LogP contribution in [0.3, 0.4) is 0 Å². The Balaban J connectivity index is 1.29. The summed E-state index contributed by atoms with van der Waals surface area (Å²) in [5.41, 5.74) is 10.3. The van der Waals surface area contributed by atoms with Gasteiger partial charge in [-0.1, -0.05) is 152 Å². The molecule has 0 bridgehead atoms. The minimum atomic E-state index is 0.969. The van der Waals surface area contributed by atoms with Crippen molar-refractivity contribution in [1.82, 2.24) is 9.55 Å². The largest absolute Gasteiger partial charge is 0.309 e. The Labute approximate surface area is 307 Å². The van der Waals surface area contributed by atoms with Gasteiger partial charge in [-0.3, -0.25) is 0 Å². The van der Waals surface area contributed by atoms with Crippen molar-refractivity contribution in [3.8, 4) is 33.6 Å². The molecule has 2 heterocycles.